The number of carbonyl (C=O) groups is 1. The van der Waals surface area contributed by atoms with E-state index in [1.807, 2.05) is 17.1 Å². The van der Waals surface area contributed by atoms with E-state index in [2.05, 4.69) is 17.3 Å². The Morgan fingerprint density at radius 3 is 2.94 bits per heavy atom. The molecule has 1 aromatic heterocycles. The third-order valence-electron chi connectivity index (χ3n) is 3.75. The minimum atomic E-state index is 0.172. The van der Waals surface area contributed by atoms with Crippen molar-refractivity contribution < 1.29 is 4.79 Å². The smallest absolute Gasteiger partial charge is 0.220 e. The highest BCUT2D eigenvalue weighted by molar-refractivity contribution is 5.75. The summed E-state index contributed by atoms with van der Waals surface area (Å²) in [5.41, 5.74) is 1.08. The van der Waals surface area contributed by atoms with Gasteiger partial charge in [-0.05, 0) is 19.3 Å². The van der Waals surface area contributed by atoms with Crippen molar-refractivity contribution >= 4 is 5.91 Å². The largest absolute Gasteiger partial charge is 0.352 e. The molecule has 1 saturated carbocycles. The van der Waals surface area contributed by atoms with Crippen LogP contribution in [0.5, 0.6) is 0 Å². The van der Waals surface area contributed by atoms with Gasteiger partial charge in [-0.2, -0.15) is 5.10 Å². The van der Waals surface area contributed by atoms with Gasteiger partial charge in [-0.3, -0.25) is 9.48 Å². The van der Waals surface area contributed by atoms with E-state index in [9.17, 15) is 4.79 Å². The molecule has 1 fully saturated rings. The predicted molar refractivity (Wildman–Crippen MR) is 70.9 cm³/mol. The van der Waals surface area contributed by atoms with Crippen LogP contribution in [-0.4, -0.2) is 15.7 Å². The molecule has 1 N–H and O–H groups in total. The number of nitrogens with zero attached hydrogens (tertiary/aromatic N) is 2. The summed E-state index contributed by atoms with van der Waals surface area (Å²) in [5.74, 6) is 0.963. The molecule has 2 rings (SSSR count). The Balaban J connectivity index is 1.64. The number of aryl methyl sites for hydroxylation is 1. The minimum Gasteiger partial charge on any atom is -0.352 e. The molecule has 1 amide bonds. The molecule has 4 heteroatoms. The molecule has 0 spiro atoms. The summed E-state index contributed by atoms with van der Waals surface area (Å²) < 4.78 is 1.88. The third kappa shape index (κ3) is 3.86. The second-order valence-electron chi connectivity index (χ2n) is 5.17. The molecule has 1 aliphatic carbocycles. The number of hydrogen-bond acceptors (Lipinski definition) is 2. The van der Waals surface area contributed by atoms with Crippen LogP contribution in [0.3, 0.4) is 0 Å². The normalized spacial score (nSPS) is 16.1. The Kier molecular flexibility index (Phi) is 4.79. The lowest BCUT2D eigenvalue weighted by molar-refractivity contribution is -0.121. The molecular formula is C14H23N3O. The summed E-state index contributed by atoms with van der Waals surface area (Å²) in [7, 11) is 0. The van der Waals surface area contributed by atoms with Crippen molar-refractivity contribution in [2.45, 2.75) is 58.5 Å². The lowest BCUT2D eigenvalue weighted by Gasteiger charge is -2.08. The van der Waals surface area contributed by atoms with Gasteiger partial charge < -0.3 is 5.32 Å². The maximum absolute atomic E-state index is 11.7. The lowest BCUT2D eigenvalue weighted by Crippen LogP contribution is -2.22. The number of amides is 1. The summed E-state index contributed by atoms with van der Waals surface area (Å²) in [5, 5.41) is 7.16. The Morgan fingerprint density at radius 1 is 1.50 bits per heavy atom. The first-order valence-corrected chi connectivity index (χ1v) is 7.06. The van der Waals surface area contributed by atoms with Crippen LogP contribution in [0.4, 0.5) is 0 Å². The van der Waals surface area contributed by atoms with Gasteiger partial charge in [-0.15, -0.1) is 0 Å². The van der Waals surface area contributed by atoms with Crippen molar-refractivity contribution in [3.63, 3.8) is 0 Å². The highest BCUT2D eigenvalue weighted by atomic mass is 16.1. The topological polar surface area (TPSA) is 46.9 Å². The highest BCUT2D eigenvalue weighted by Gasteiger charge is 2.15. The molecule has 1 aliphatic rings. The molecular weight excluding hydrogens is 226 g/mol. The lowest BCUT2D eigenvalue weighted by atomic mass is 10.0. The zero-order valence-electron chi connectivity index (χ0n) is 11.2. The molecule has 100 valence electrons. The Bertz CT molecular complexity index is 380. The van der Waals surface area contributed by atoms with Crippen LogP contribution < -0.4 is 5.32 Å². The molecule has 0 radical (unpaired) electrons. The SMILES string of the molecule is CCn1cc(CNC(=O)CCC2CCCC2)cn1. The van der Waals surface area contributed by atoms with Gasteiger partial charge in [0.2, 0.25) is 5.91 Å². The molecule has 0 saturated heterocycles. The first-order chi connectivity index (χ1) is 8.78. The van der Waals surface area contributed by atoms with Crippen molar-refractivity contribution in [1.29, 1.82) is 0 Å². The molecule has 1 heterocycles. The van der Waals surface area contributed by atoms with Crippen LogP contribution in [-0.2, 0) is 17.9 Å². The van der Waals surface area contributed by atoms with E-state index in [1.54, 1.807) is 0 Å². The summed E-state index contributed by atoms with van der Waals surface area (Å²) >= 11 is 0. The zero-order chi connectivity index (χ0) is 12.8. The average molecular weight is 249 g/mol. The molecule has 0 unspecified atom stereocenters. The van der Waals surface area contributed by atoms with Crippen LogP contribution in [0.15, 0.2) is 12.4 Å². The molecule has 0 aromatic carbocycles. The van der Waals surface area contributed by atoms with E-state index in [0.717, 1.165) is 24.4 Å². The summed E-state index contributed by atoms with van der Waals surface area (Å²) in [4.78, 5) is 11.7. The van der Waals surface area contributed by atoms with E-state index in [0.29, 0.717) is 13.0 Å². The summed E-state index contributed by atoms with van der Waals surface area (Å²) in [6, 6.07) is 0. The van der Waals surface area contributed by atoms with Gasteiger partial charge in [0.25, 0.3) is 0 Å². The van der Waals surface area contributed by atoms with Crippen molar-refractivity contribution in [2.24, 2.45) is 5.92 Å². The van der Waals surface area contributed by atoms with Crippen molar-refractivity contribution in [2.75, 3.05) is 0 Å². The molecule has 0 atom stereocenters. The summed E-state index contributed by atoms with van der Waals surface area (Å²) in [6.45, 7) is 3.52. The van der Waals surface area contributed by atoms with Crippen LogP contribution >= 0.6 is 0 Å². The Hall–Kier alpha value is -1.32. The third-order valence-corrected chi connectivity index (χ3v) is 3.75. The van der Waals surface area contributed by atoms with Gasteiger partial charge in [0.05, 0.1) is 6.20 Å². The fourth-order valence-electron chi connectivity index (χ4n) is 2.59. The van der Waals surface area contributed by atoms with Gasteiger partial charge in [-0.25, -0.2) is 0 Å². The fourth-order valence-corrected chi connectivity index (χ4v) is 2.59. The van der Waals surface area contributed by atoms with Crippen molar-refractivity contribution in [3.05, 3.63) is 18.0 Å². The van der Waals surface area contributed by atoms with E-state index < -0.39 is 0 Å². The molecule has 4 nitrogen and oxygen atoms in total. The zero-order valence-corrected chi connectivity index (χ0v) is 11.2. The quantitative estimate of drug-likeness (QED) is 0.842. The minimum absolute atomic E-state index is 0.172. The number of hydrogen-bond donors (Lipinski definition) is 1. The van der Waals surface area contributed by atoms with Crippen molar-refractivity contribution in [3.8, 4) is 0 Å². The predicted octanol–water partition coefficient (Wildman–Crippen LogP) is 2.49. The first kappa shape index (κ1) is 13.1. The average Bonchev–Trinajstić information content (AvgIpc) is 3.04. The second kappa shape index (κ2) is 6.57. The molecule has 18 heavy (non-hydrogen) atoms. The van der Waals surface area contributed by atoms with E-state index in [4.69, 9.17) is 0 Å². The monoisotopic (exact) mass is 249 g/mol. The first-order valence-electron chi connectivity index (χ1n) is 7.06. The van der Waals surface area contributed by atoms with E-state index in [1.165, 1.54) is 25.7 Å². The highest BCUT2D eigenvalue weighted by Crippen LogP contribution is 2.28. The maximum Gasteiger partial charge on any atom is 0.220 e. The number of rotatable bonds is 6. The van der Waals surface area contributed by atoms with E-state index in [-0.39, 0.29) is 5.91 Å². The number of carbonyl (C=O) groups excluding carboxylic acids is 1. The van der Waals surface area contributed by atoms with Gasteiger partial charge in [-0.1, -0.05) is 25.7 Å². The summed E-state index contributed by atoms with van der Waals surface area (Å²) in [6.07, 6.45) is 10.9. The Labute approximate surface area is 109 Å². The molecule has 0 aliphatic heterocycles. The fraction of sp³-hybridized carbons (Fsp3) is 0.714. The Morgan fingerprint density at radius 2 is 2.28 bits per heavy atom. The number of nitrogens with one attached hydrogen (secondary N) is 1. The van der Waals surface area contributed by atoms with Gasteiger partial charge in [0, 0.05) is 31.3 Å². The van der Waals surface area contributed by atoms with Gasteiger partial charge in [0.1, 0.15) is 0 Å². The number of aromatic nitrogens is 2. The molecule has 0 bridgehead atoms. The second-order valence-corrected chi connectivity index (χ2v) is 5.17. The van der Waals surface area contributed by atoms with Gasteiger partial charge in [0.15, 0.2) is 0 Å². The maximum atomic E-state index is 11.7. The van der Waals surface area contributed by atoms with Crippen molar-refractivity contribution in [1.82, 2.24) is 15.1 Å². The molecule has 1 aromatic rings. The van der Waals surface area contributed by atoms with Crippen LogP contribution in [0, 0.1) is 5.92 Å². The standard InChI is InChI=1S/C14H23N3O/c1-2-17-11-13(10-16-17)9-15-14(18)8-7-12-5-3-4-6-12/h10-12H,2-9H2,1H3,(H,15,18). The van der Waals surface area contributed by atoms with Crippen LogP contribution in [0.2, 0.25) is 0 Å². The van der Waals surface area contributed by atoms with Crippen LogP contribution in [0.1, 0.15) is 51.0 Å². The van der Waals surface area contributed by atoms with Gasteiger partial charge >= 0.3 is 0 Å². The van der Waals surface area contributed by atoms with Crippen LogP contribution in [0.25, 0.3) is 0 Å². The van der Waals surface area contributed by atoms with E-state index >= 15 is 0 Å².